The fraction of sp³-hybridized carbons (Fsp3) is 0.654. The van der Waals surface area contributed by atoms with Crippen LogP contribution in [-0.4, -0.2) is 83.0 Å². The van der Waals surface area contributed by atoms with Crippen molar-refractivity contribution in [2.75, 3.05) is 33.9 Å². The molecule has 1 aromatic heterocycles. The van der Waals surface area contributed by atoms with Gasteiger partial charge in [-0.15, -0.1) is 10.2 Å². The Kier molecular flexibility index (Phi) is 10.7. The predicted molar refractivity (Wildman–Crippen MR) is 138 cm³/mol. The zero-order valence-corrected chi connectivity index (χ0v) is 22.6. The van der Waals surface area contributed by atoms with Crippen molar-refractivity contribution in [3.8, 4) is 22.9 Å². The molecule has 2 aromatic rings. The Morgan fingerprint density at radius 2 is 2.00 bits per heavy atom. The molecule has 0 saturated carbocycles. The lowest BCUT2D eigenvalue weighted by Gasteiger charge is -2.32. The molecule has 2 amide bonds. The minimum Gasteiger partial charge on any atom is -0.493 e. The number of nitrogens with one attached hydrogen (secondary N) is 1. The van der Waals surface area contributed by atoms with Crippen LogP contribution in [0.2, 0.25) is 0 Å². The summed E-state index contributed by atoms with van der Waals surface area (Å²) in [6, 6.07) is 4.73. The van der Waals surface area contributed by atoms with Crippen molar-refractivity contribution in [1.82, 2.24) is 30.4 Å². The van der Waals surface area contributed by atoms with Crippen LogP contribution in [0.5, 0.6) is 11.5 Å². The van der Waals surface area contributed by atoms with E-state index in [2.05, 4.69) is 34.6 Å². The van der Waals surface area contributed by atoms with E-state index < -0.39 is 6.04 Å². The highest BCUT2D eigenvalue weighted by atomic mass is 16.5. The average molecular weight is 517 g/mol. The number of aromatic nitrogens is 4. The molecule has 0 aliphatic carbocycles. The third kappa shape index (κ3) is 7.88. The zero-order chi connectivity index (χ0) is 26.8. The molecule has 11 nitrogen and oxygen atoms in total. The average Bonchev–Trinajstić information content (AvgIpc) is 3.57. The van der Waals surface area contributed by atoms with E-state index in [9.17, 15) is 9.59 Å². The van der Waals surface area contributed by atoms with Crippen LogP contribution in [0, 0.1) is 5.92 Å². The van der Waals surface area contributed by atoms with Gasteiger partial charge in [-0.25, -0.2) is 0 Å². The van der Waals surface area contributed by atoms with E-state index in [1.54, 1.807) is 37.3 Å². The summed E-state index contributed by atoms with van der Waals surface area (Å²) in [6.45, 7) is 7.72. The number of nitrogens with zero attached hydrogens (tertiary/aromatic N) is 5. The van der Waals surface area contributed by atoms with E-state index in [1.807, 2.05) is 6.92 Å². The second kappa shape index (κ2) is 13.9. The van der Waals surface area contributed by atoms with Crippen molar-refractivity contribution < 1.29 is 23.8 Å². The van der Waals surface area contributed by atoms with Crippen molar-refractivity contribution in [1.29, 1.82) is 0 Å². The van der Waals surface area contributed by atoms with Gasteiger partial charge in [0.05, 0.1) is 20.3 Å². The molecule has 3 rings (SSSR count). The van der Waals surface area contributed by atoms with Gasteiger partial charge in [0.15, 0.2) is 11.5 Å². The zero-order valence-electron chi connectivity index (χ0n) is 22.6. The summed E-state index contributed by atoms with van der Waals surface area (Å²) < 4.78 is 16.5. The Morgan fingerprint density at radius 1 is 1.22 bits per heavy atom. The fourth-order valence-electron chi connectivity index (χ4n) is 4.33. The Balaban J connectivity index is 1.77. The van der Waals surface area contributed by atoms with E-state index in [1.165, 1.54) is 4.80 Å². The van der Waals surface area contributed by atoms with Crippen molar-refractivity contribution in [3.05, 3.63) is 18.2 Å². The molecule has 37 heavy (non-hydrogen) atoms. The number of rotatable bonds is 14. The van der Waals surface area contributed by atoms with Gasteiger partial charge in [0, 0.05) is 25.3 Å². The second-order valence-electron chi connectivity index (χ2n) is 9.67. The van der Waals surface area contributed by atoms with Crippen LogP contribution in [0.1, 0.15) is 52.9 Å². The number of amides is 2. The first kappa shape index (κ1) is 28.4. The molecule has 11 heteroatoms. The van der Waals surface area contributed by atoms with Crippen LogP contribution in [0.25, 0.3) is 11.4 Å². The maximum atomic E-state index is 13.6. The van der Waals surface area contributed by atoms with Crippen LogP contribution < -0.4 is 14.8 Å². The maximum absolute atomic E-state index is 13.6. The third-order valence-electron chi connectivity index (χ3n) is 6.38. The van der Waals surface area contributed by atoms with Gasteiger partial charge < -0.3 is 24.4 Å². The Bertz CT molecular complexity index is 1020. The molecule has 2 unspecified atom stereocenters. The summed E-state index contributed by atoms with van der Waals surface area (Å²) in [4.78, 5) is 29.6. The summed E-state index contributed by atoms with van der Waals surface area (Å²) in [5.74, 6) is 1.59. The molecule has 2 atom stereocenters. The first-order valence-corrected chi connectivity index (χ1v) is 13.0. The highest BCUT2D eigenvalue weighted by Gasteiger charge is 2.32. The molecule has 1 fully saturated rings. The Morgan fingerprint density at radius 3 is 2.65 bits per heavy atom. The van der Waals surface area contributed by atoms with E-state index in [0.717, 1.165) is 25.7 Å². The summed E-state index contributed by atoms with van der Waals surface area (Å²) >= 11 is 0. The first-order chi connectivity index (χ1) is 17.9. The van der Waals surface area contributed by atoms with Gasteiger partial charge in [0.1, 0.15) is 12.6 Å². The molecule has 2 heterocycles. The van der Waals surface area contributed by atoms with Crippen molar-refractivity contribution >= 4 is 11.8 Å². The lowest BCUT2D eigenvalue weighted by Crippen LogP contribution is -2.53. The van der Waals surface area contributed by atoms with Gasteiger partial charge in [-0.2, -0.15) is 4.80 Å². The van der Waals surface area contributed by atoms with E-state index in [4.69, 9.17) is 14.2 Å². The molecule has 0 spiro atoms. The summed E-state index contributed by atoms with van der Waals surface area (Å²) in [5.41, 5.74) is 0.681. The molecule has 1 aliphatic rings. The third-order valence-corrected chi connectivity index (χ3v) is 6.38. The summed E-state index contributed by atoms with van der Waals surface area (Å²) in [5, 5.41) is 15.6. The molecule has 204 valence electrons. The molecule has 1 N–H and O–H groups in total. The van der Waals surface area contributed by atoms with Gasteiger partial charge in [0.2, 0.25) is 17.6 Å². The normalized spacial score (nSPS) is 16.0. The Hall–Kier alpha value is -3.21. The molecule has 1 saturated heterocycles. The van der Waals surface area contributed by atoms with Crippen molar-refractivity contribution in [3.63, 3.8) is 0 Å². The lowest BCUT2D eigenvalue weighted by atomic mass is 10.1. The summed E-state index contributed by atoms with van der Waals surface area (Å²) in [7, 11) is 3.12. The molecule has 0 bridgehead atoms. The van der Waals surface area contributed by atoms with Crippen LogP contribution in [0.3, 0.4) is 0 Å². The predicted octanol–water partition coefficient (Wildman–Crippen LogP) is 2.70. The molecule has 1 aliphatic heterocycles. The lowest BCUT2D eigenvalue weighted by molar-refractivity contribution is -0.143. The number of hydrogen-bond donors (Lipinski definition) is 1. The smallest absolute Gasteiger partial charge is 0.247 e. The van der Waals surface area contributed by atoms with E-state index in [0.29, 0.717) is 54.9 Å². The number of hydrogen-bond acceptors (Lipinski definition) is 8. The highest BCUT2D eigenvalue weighted by molar-refractivity contribution is 5.87. The van der Waals surface area contributed by atoms with E-state index in [-0.39, 0.29) is 24.5 Å². The first-order valence-electron chi connectivity index (χ1n) is 13.0. The van der Waals surface area contributed by atoms with Gasteiger partial charge in [-0.05, 0) is 55.0 Å². The molecule has 1 aromatic carbocycles. The van der Waals surface area contributed by atoms with Crippen LogP contribution in [0.15, 0.2) is 18.2 Å². The van der Waals surface area contributed by atoms with Gasteiger partial charge in [-0.1, -0.05) is 27.2 Å². The number of benzene rings is 1. The van der Waals surface area contributed by atoms with E-state index >= 15 is 0 Å². The van der Waals surface area contributed by atoms with Gasteiger partial charge in [-0.3, -0.25) is 9.59 Å². The minimum absolute atomic E-state index is 0.0854. The van der Waals surface area contributed by atoms with Crippen LogP contribution >= 0.6 is 0 Å². The fourth-order valence-corrected chi connectivity index (χ4v) is 4.33. The number of carbonyl (C=O) groups excluding carboxylic acids is 2. The monoisotopic (exact) mass is 516 g/mol. The summed E-state index contributed by atoms with van der Waals surface area (Å²) in [6.07, 6.45) is 3.94. The van der Waals surface area contributed by atoms with Gasteiger partial charge in [0.25, 0.3) is 0 Å². The van der Waals surface area contributed by atoms with Crippen molar-refractivity contribution in [2.45, 2.75) is 71.6 Å². The Labute approximate surface area is 218 Å². The van der Waals surface area contributed by atoms with Crippen LogP contribution in [-0.2, 0) is 20.9 Å². The van der Waals surface area contributed by atoms with Crippen molar-refractivity contribution in [2.24, 2.45) is 5.92 Å². The number of ether oxygens (including phenoxy) is 3. The molecular weight excluding hydrogens is 476 g/mol. The number of tetrazole rings is 1. The molecular formula is C26H40N6O5. The minimum atomic E-state index is -0.581. The topological polar surface area (TPSA) is 121 Å². The second-order valence-corrected chi connectivity index (χ2v) is 9.67. The van der Waals surface area contributed by atoms with Crippen LogP contribution in [0.4, 0.5) is 0 Å². The van der Waals surface area contributed by atoms with Gasteiger partial charge >= 0.3 is 0 Å². The number of methoxy groups -OCH3 is 2. The maximum Gasteiger partial charge on any atom is 0.247 e. The largest absolute Gasteiger partial charge is 0.493 e. The SMILES string of the molecule is CCCC(C(=O)NCCC(C)C)N(CC1CCCO1)C(=O)Cn1nnc(-c2ccc(OC)c(OC)c2)n1. The highest BCUT2D eigenvalue weighted by Crippen LogP contribution is 2.30. The molecule has 0 radical (unpaired) electrons. The number of carbonyl (C=O) groups is 2. The quantitative estimate of drug-likeness (QED) is 0.407. The standard InChI is InChI=1S/C26H40N6O5/c1-6-8-21(26(34)27-13-12-18(2)3)31(16-20-9-7-14-37-20)24(33)17-32-29-25(28-30-32)19-10-11-22(35-4)23(15-19)36-5/h10-11,15,18,20-21H,6-9,12-14,16-17H2,1-5H3,(H,27,34).